The van der Waals surface area contributed by atoms with Gasteiger partial charge >= 0.3 is 0 Å². The highest BCUT2D eigenvalue weighted by atomic mass is 35.5. The maximum Gasteiger partial charge on any atom is 0.0577 e. The molecule has 0 radical (unpaired) electrons. The molecule has 0 aromatic carbocycles. The molecule has 0 atom stereocenters. The first-order valence-electron chi connectivity index (χ1n) is 5.03. The standard InChI is InChI=1S/C11H15ClO/c12-11-4-2-1-3-9(11)7-8-13-10-5-6-10/h3-4,10H,1-2,5-8H2. The van der Waals surface area contributed by atoms with Crippen molar-refractivity contribution >= 4 is 11.6 Å². The lowest BCUT2D eigenvalue weighted by atomic mass is 10.0. The first kappa shape index (κ1) is 9.29. The Bertz CT molecular complexity index is 238. The summed E-state index contributed by atoms with van der Waals surface area (Å²) in [7, 11) is 0. The Morgan fingerprint density at radius 3 is 2.77 bits per heavy atom. The average Bonchev–Trinajstić information content (AvgIpc) is 2.92. The Labute approximate surface area is 84.4 Å². The van der Waals surface area contributed by atoms with Crippen molar-refractivity contribution in [3.63, 3.8) is 0 Å². The molecule has 0 unspecified atom stereocenters. The predicted molar refractivity (Wildman–Crippen MR) is 54.8 cm³/mol. The van der Waals surface area contributed by atoms with Gasteiger partial charge in [-0.05, 0) is 37.7 Å². The van der Waals surface area contributed by atoms with E-state index in [4.69, 9.17) is 16.3 Å². The summed E-state index contributed by atoms with van der Waals surface area (Å²) in [4.78, 5) is 0. The first-order chi connectivity index (χ1) is 6.36. The summed E-state index contributed by atoms with van der Waals surface area (Å²) < 4.78 is 5.58. The third-order valence-electron chi connectivity index (χ3n) is 2.44. The lowest BCUT2D eigenvalue weighted by Crippen LogP contribution is -1.99. The summed E-state index contributed by atoms with van der Waals surface area (Å²) in [5.41, 5.74) is 1.27. The molecule has 2 aliphatic carbocycles. The second kappa shape index (κ2) is 4.30. The Hall–Kier alpha value is -0.270. The van der Waals surface area contributed by atoms with Gasteiger partial charge in [0.05, 0.1) is 12.7 Å². The van der Waals surface area contributed by atoms with E-state index in [9.17, 15) is 0 Å². The third kappa shape index (κ3) is 2.85. The number of rotatable bonds is 4. The van der Waals surface area contributed by atoms with Crippen LogP contribution in [0.15, 0.2) is 22.8 Å². The first-order valence-corrected chi connectivity index (χ1v) is 5.41. The van der Waals surface area contributed by atoms with Crippen LogP contribution in [0, 0.1) is 0 Å². The Balaban J connectivity index is 1.72. The zero-order chi connectivity index (χ0) is 9.10. The zero-order valence-corrected chi connectivity index (χ0v) is 8.52. The molecule has 1 nitrogen and oxygen atoms in total. The van der Waals surface area contributed by atoms with Crippen LogP contribution in [0.5, 0.6) is 0 Å². The molecule has 2 heteroatoms. The SMILES string of the molecule is ClC1=CCCC=C1CCOC1CC1. The van der Waals surface area contributed by atoms with Gasteiger partial charge in [0.1, 0.15) is 0 Å². The van der Waals surface area contributed by atoms with E-state index in [2.05, 4.69) is 12.2 Å². The lowest BCUT2D eigenvalue weighted by Gasteiger charge is -2.10. The van der Waals surface area contributed by atoms with Gasteiger partial charge in [-0.25, -0.2) is 0 Å². The van der Waals surface area contributed by atoms with Crippen molar-refractivity contribution in [1.82, 2.24) is 0 Å². The summed E-state index contributed by atoms with van der Waals surface area (Å²) in [5.74, 6) is 0. The normalized spacial score (nSPS) is 22.5. The fraction of sp³-hybridized carbons (Fsp3) is 0.636. The number of ether oxygens (including phenoxy) is 1. The molecular weight excluding hydrogens is 184 g/mol. The quantitative estimate of drug-likeness (QED) is 0.673. The van der Waals surface area contributed by atoms with Crippen molar-refractivity contribution in [2.45, 2.75) is 38.2 Å². The zero-order valence-electron chi connectivity index (χ0n) is 7.76. The van der Waals surface area contributed by atoms with Gasteiger partial charge in [0.25, 0.3) is 0 Å². The van der Waals surface area contributed by atoms with Crippen molar-refractivity contribution in [1.29, 1.82) is 0 Å². The van der Waals surface area contributed by atoms with Crippen molar-refractivity contribution in [3.05, 3.63) is 22.8 Å². The van der Waals surface area contributed by atoms with Crippen LogP contribution in [0.2, 0.25) is 0 Å². The predicted octanol–water partition coefficient (Wildman–Crippen LogP) is 3.40. The van der Waals surface area contributed by atoms with E-state index in [0.29, 0.717) is 6.10 Å². The molecule has 72 valence electrons. The third-order valence-corrected chi connectivity index (χ3v) is 2.83. The van der Waals surface area contributed by atoms with Crippen LogP contribution in [-0.4, -0.2) is 12.7 Å². The second-order valence-corrected chi connectivity index (χ2v) is 4.09. The van der Waals surface area contributed by atoms with Gasteiger partial charge in [-0.2, -0.15) is 0 Å². The molecule has 0 spiro atoms. The minimum atomic E-state index is 0.562. The summed E-state index contributed by atoms with van der Waals surface area (Å²) in [6.45, 7) is 0.834. The Morgan fingerprint density at radius 1 is 1.31 bits per heavy atom. The maximum atomic E-state index is 6.05. The highest BCUT2D eigenvalue weighted by Crippen LogP contribution is 2.27. The van der Waals surface area contributed by atoms with Gasteiger partial charge in [0.15, 0.2) is 0 Å². The monoisotopic (exact) mass is 198 g/mol. The van der Waals surface area contributed by atoms with Crippen LogP contribution in [0.1, 0.15) is 32.1 Å². The van der Waals surface area contributed by atoms with Crippen molar-refractivity contribution in [2.75, 3.05) is 6.61 Å². The van der Waals surface area contributed by atoms with Gasteiger partial charge in [0.2, 0.25) is 0 Å². The van der Waals surface area contributed by atoms with Crippen LogP contribution in [0.25, 0.3) is 0 Å². The van der Waals surface area contributed by atoms with E-state index in [0.717, 1.165) is 30.9 Å². The van der Waals surface area contributed by atoms with Crippen LogP contribution < -0.4 is 0 Å². The van der Waals surface area contributed by atoms with E-state index in [1.54, 1.807) is 0 Å². The highest BCUT2D eigenvalue weighted by Gasteiger charge is 2.21. The molecule has 0 N–H and O–H groups in total. The summed E-state index contributed by atoms with van der Waals surface area (Å²) in [6, 6.07) is 0. The van der Waals surface area contributed by atoms with Crippen LogP contribution in [0.4, 0.5) is 0 Å². The molecule has 0 amide bonds. The van der Waals surface area contributed by atoms with Crippen LogP contribution in [-0.2, 0) is 4.74 Å². The topological polar surface area (TPSA) is 9.23 Å². The number of hydrogen-bond acceptors (Lipinski definition) is 1. The number of allylic oxidation sites excluding steroid dienone is 3. The summed E-state index contributed by atoms with van der Waals surface area (Å²) in [6.07, 6.45) is 10.6. The molecular formula is C11H15ClO. The lowest BCUT2D eigenvalue weighted by molar-refractivity contribution is 0.123. The van der Waals surface area contributed by atoms with E-state index >= 15 is 0 Å². The Kier molecular flexibility index (Phi) is 3.07. The molecule has 1 saturated carbocycles. The number of halogens is 1. The molecule has 0 aromatic heterocycles. The summed E-state index contributed by atoms with van der Waals surface area (Å²) >= 11 is 6.05. The van der Waals surface area contributed by atoms with Crippen molar-refractivity contribution in [3.8, 4) is 0 Å². The minimum Gasteiger partial charge on any atom is -0.378 e. The molecule has 0 saturated heterocycles. The van der Waals surface area contributed by atoms with Gasteiger partial charge in [-0.3, -0.25) is 0 Å². The van der Waals surface area contributed by atoms with E-state index in [-0.39, 0.29) is 0 Å². The molecule has 0 aliphatic heterocycles. The minimum absolute atomic E-state index is 0.562. The van der Waals surface area contributed by atoms with E-state index in [1.165, 1.54) is 18.4 Å². The molecule has 13 heavy (non-hydrogen) atoms. The maximum absolute atomic E-state index is 6.05. The molecule has 1 fully saturated rings. The Morgan fingerprint density at radius 2 is 2.08 bits per heavy atom. The fourth-order valence-corrected chi connectivity index (χ4v) is 1.77. The van der Waals surface area contributed by atoms with Gasteiger partial charge in [0, 0.05) is 5.03 Å². The smallest absolute Gasteiger partial charge is 0.0577 e. The molecule has 2 rings (SSSR count). The number of hydrogen-bond donors (Lipinski definition) is 0. The van der Waals surface area contributed by atoms with Crippen molar-refractivity contribution < 1.29 is 4.74 Å². The molecule has 0 bridgehead atoms. The second-order valence-electron chi connectivity index (χ2n) is 3.68. The molecule has 0 heterocycles. The fourth-order valence-electron chi connectivity index (χ4n) is 1.49. The van der Waals surface area contributed by atoms with Crippen LogP contribution >= 0.6 is 11.6 Å². The average molecular weight is 199 g/mol. The van der Waals surface area contributed by atoms with Gasteiger partial charge in [-0.15, -0.1) is 0 Å². The van der Waals surface area contributed by atoms with E-state index in [1.807, 2.05) is 0 Å². The summed E-state index contributed by atoms with van der Waals surface area (Å²) in [5, 5.41) is 0.936. The molecule has 0 aromatic rings. The largest absolute Gasteiger partial charge is 0.378 e. The van der Waals surface area contributed by atoms with Gasteiger partial charge in [-0.1, -0.05) is 23.8 Å². The highest BCUT2D eigenvalue weighted by molar-refractivity contribution is 6.32. The van der Waals surface area contributed by atoms with Gasteiger partial charge < -0.3 is 4.74 Å². The van der Waals surface area contributed by atoms with E-state index < -0.39 is 0 Å². The molecule has 2 aliphatic rings. The van der Waals surface area contributed by atoms with Crippen LogP contribution in [0.3, 0.4) is 0 Å². The van der Waals surface area contributed by atoms with Crippen molar-refractivity contribution in [2.24, 2.45) is 0 Å².